The molecule has 0 aromatic heterocycles. The summed E-state index contributed by atoms with van der Waals surface area (Å²) in [5.41, 5.74) is 1.62. The van der Waals surface area contributed by atoms with E-state index in [9.17, 15) is 4.79 Å². The molecule has 1 N–H and O–H groups in total. The van der Waals surface area contributed by atoms with Crippen LogP contribution in [0.4, 0.5) is 5.69 Å². The van der Waals surface area contributed by atoms with Crippen LogP contribution >= 0.6 is 0 Å². The lowest BCUT2D eigenvalue weighted by Gasteiger charge is -2.13. The van der Waals surface area contributed by atoms with Gasteiger partial charge in [0, 0.05) is 11.3 Å². The Balaban J connectivity index is 2.16. The number of nitrogens with one attached hydrogen (secondary N) is 1. The Morgan fingerprint density at radius 2 is 1.83 bits per heavy atom. The molecular weight excluding hydrogens is 290 g/mol. The number of esters is 1. The third kappa shape index (κ3) is 5.08. The van der Waals surface area contributed by atoms with E-state index in [1.807, 2.05) is 54.6 Å². The minimum Gasteiger partial charge on any atom is -0.497 e. The number of carbonyl (C=O) groups excluding carboxylic acids is 1. The number of anilines is 1. The van der Waals surface area contributed by atoms with E-state index in [-0.39, 0.29) is 0 Å². The van der Waals surface area contributed by atoms with Gasteiger partial charge in [0.05, 0.1) is 13.7 Å². The largest absolute Gasteiger partial charge is 0.497 e. The molecule has 0 aliphatic rings. The summed E-state index contributed by atoms with van der Waals surface area (Å²) in [6.45, 7) is 2.08. The van der Waals surface area contributed by atoms with Gasteiger partial charge in [0.15, 0.2) is 6.04 Å². The molecule has 0 fully saturated rings. The SMILES string of the molecule is CCOC(=O)C(C#Cc1ccccc1)Nc1ccc(OC)cc1. The quantitative estimate of drug-likeness (QED) is 0.681. The van der Waals surface area contributed by atoms with Crippen molar-refractivity contribution in [3.8, 4) is 17.6 Å². The van der Waals surface area contributed by atoms with Gasteiger partial charge in [0.25, 0.3) is 0 Å². The molecule has 2 rings (SSSR count). The Morgan fingerprint density at radius 1 is 1.13 bits per heavy atom. The molecule has 2 aromatic carbocycles. The maximum absolute atomic E-state index is 12.1. The van der Waals surface area contributed by atoms with Crippen molar-refractivity contribution in [1.29, 1.82) is 0 Å². The molecule has 4 nitrogen and oxygen atoms in total. The lowest BCUT2D eigenvalue weighted by Crippen LogP contribution is -2.30. The Bertz CT molecular complexity index is 684. The molecule has 0 spiro atoms. The standard InChI is InChI=1S/C19H19NO3/c1-3-23-19(21)18(14-9-15-7-5-4-6-8-15)20-16-10-12-17(22-2)13-11-16/h4-8,10-13,18,20H,3H2,1-2H3. The lowest BCUT2D eigenvalue weighted by molar-refractivity contribution is -0.142. The van der Waals surface area contributed by atoms with E-state index in [1.165, 1.54) is 0 Å². The Kier molecular flexibility index (Phi) is 6.07. The maximum Gasteiger partial charge on any atom is 0.341 e. The van der Waals surface area contributed by atoms with Crippen LogP contribution in [0, 0.1) is 11.8 Å². The van der Waals surface area contributed by atoms with Gasteiger partial charge >= 0.3 is 5.97 Å². The van der Waals surface area contributed by atoms with Crippen LogP contribution < -0.4 is 10.1 Å². The summed E-state index contributed by atoms with van der Waals surface area (Å²) < 4.78 is 10.2. The van der Waals surface area contributed by atoms with Gasteiger partial charge in [-0.05, 0) is 43.3 Å². The van der Waals surface area contributed by atoms with Gasteiger partial charge in [-0.1, -0.05) is 30.0 Å². The molecule has 0 radical (unpaired) electrons. The van der Waals surface area contributed by atoms with Gasteiger partial charge in [-0.25, -0.2) is 4.79 Å². The molecule has 23 heavy (non-hydrogen) atoms. The minimum atomic E-state index is -0.733. The third-order valence-corrected chi connectivity index (χ3v) is 3.06. The number of ether oxygens (including phenoxy) is 2. The molecule has 1 unspecified atom stereocenters. The van der Waals surface area contributed by atoms with Gasteiger partial charge in [-0.2, -0.15) is 0 Å². The van der Waals surface area contributed by atoms with E-state index < -0.39 is 12.0 Å². The molecule has 0 bridgehead atoms. The van der Waals surface area contributed by atoms with Crippen LogP contribution in [-0.2, 0) is 9.53 Å². The van der Waals surface area contributed by atoms with Crippen LogP contribution in [0.2, 0.25) is 0 Å². The molecular formula is C19H19NO3. The van der Waals surface area contributed by atoms with E-state index >= 15 is 0 Å². The van der Waals surface area contributed by atoms with Gasteiger partial charge in [0.2, 0.25) is 0 Å². The molecule has 2 aromatic rings. The zero-order valence-corrected chi connectivity index (χ0v) is 13.2. The molecule has 0 saturated carbocycles. The highest BCUT2D eigenvalue weighted by Crippen LogP contribution is 2.16. The smallest absolute Gasteiger partial charge is 0.341 e. The number of carbonyl (C=O) groups is 1. The van der Waals surface area contributed by atoms with Crippen molar-refractivity contribution >= 4 is 11.7 Å². The highest BCUT2D eigenvalue weighted by molar-refractivity contribution is 5.83. The van der Waals surface area contributed by atoms with Crippen molar-refractivity contribution in [2.24, 2.45) is 0 Å². The first kappa shape index (κ1) is 16.4. The number of hydrogen-bond donors (Lipinski definition) is 1. The summed E-state index contributed by atoms with van der Waals surface area (Å²) in [6, 6.07) is 16.1. The van der Waals surface area contributed by atoms with Crippen molar-refractivity contribution in [2.45, 2.75) is 13.0 Å². The van der Waals surface area contributed by atoms with E-state index in [4.69, 9.17) is 9.47 Å². The van der Waals surface area contributed by atoms with Crippen LogP contribution in [0.1, 0.15) is 12.5 Å². The van der Waals surface area contributed by atoms with Crippen LogP contribution in [0.15, 0.2) is 54.6 Å². The van der Waals surface area contributed by atoms with Crippen LogP contribution in [0.5, 0.6) is 5.75 Å². The number of methoxy groups -OCH3 is 1. The predicted molar refractivity (Wildman–Crippen MR) is 90.4 cm³/mol. The maximum atomic E-state index is 12.1. The Morgan fingerprint density at radius 3 is 2.43 bits per heavy atom. The second-order valence-corrected chi connectivity index (χ2v) is 4.69. The zero-order valence-electron chi connectivity index (χ0n) is 13.2. The van der Waals surface area contributed by atoms with Crippen LogP contribution in [0.25, 0.3) is 0 Å². The average Bonchev–Trinajstić information content (AvgIpc) is 2.60. The van der Waals surface area contributed by atoms with E-state index in [1.54, 1.807) is 14.0 Å². The summed E-state index contributed by atoms with van der Waals surface area (Å²) >= 11 is 0. The number of rotatable bonds is 5. The summed E-state index contributed by atoms with van der Waals surface area (Å²) in [7, 11) is 1.61. The first-order valence-corrected chi connectivity index (χ1v) is 7.36. The van der Waals surface area contributed by atoms with Crippen molar-refractivity contribution in [2.75, 3.05) is 19.0 Å². The van der Waals surface area contributed by atoms with Crippen molar-refractivity contribution < 1.29 is 14.3 Å². The fourth-order valence-electron chi connectivity index (χ4n) is 1.91. The molecule has 0 heterocycles. The fraction of sp³-hybridized carbons (Fsp3) is 0.211. The zero-order chi connectivity index (χ0) is 16.5. The summed E-state index contributed by atoms with van der Waals surface area (Å²) in [5.74, 6) is 6.27. The van der Waals surface area contributed by atoms with Crippen molar-refractivity contribution in [3.63, 3.8) is 0 Å². The monoisotopic (exact) mass is 309 g/mol. The Hall–Kier alpha value is -2.93. The first-order chi connectivity index (χ1) is 11.2. The highest BCUT2D eigenvalue weighted by atomic mass is 16.5. The highest BCUT2D eigenvalue weighted by Gasteiger charge is 2.16. The van der Waals surface area contributed by atoms with Crippen molar-refractivity contribution in [1.82, 2.24) is 0 Å². The second-order valence-electron chi connectivity index (χ2n) is 4.69. The van der Waals surface area contributed by atoms with E-state index in [2.05, 4.69) is 17.2 Å². The predicted octanol–water partition coefficient (Wildman–Crippen LogP) is 3.09. The molecule has 0 saturated heterocycles. The molecule has 0 aliphatic carbocycles. The molecule has 0 amide bonds. The van der Waals surface area contributed by atoms with Crippen LogP contribution in [0.3, 0.4) is 0 Å². The molecule has 0 aliphatic heterocycles. The topological polar surface area (TPSA) is 47.6 Å². The summed E-state index contributed by atoms with van der Waals surface area (Å²) in [4.78, 5) is 12.1. The third-order valence-electron chi connectivity index (χ3n) is 3.06. The molecule has 1 atom stereocenters. The van der Waals surface area contributed by atoms with Gasteiger partial charge in [0.1, 0.15) is 5.75 Å². The average molecular weight is 309 g/mol. The summed E-state index contributed by atoms with van der Waals surface area (Å²) in [5, 5.41) is 3.08. The second kappa shape index (κ2) is 8.50. The minimum absolute atomic E-state index is 0.312. The first-order valence-electron chi connectivity index (χ1n) is 7.36. The molecule has 4 heteroatoms. The number of benzene rings is 2. The summed E-state index contributed by atoms with van der Waals surface area (Å²) in [6.07, 6.45) is 0. The lowest BCUT2D eigenvalue weighted by atomic mass is 10.2. The van der Waals surface area contributed by atoms with Gasteiger partial charge in [-0.3, -0.25) is 0 Å². The van der Waals surface area contributed by atoms with Gasteiger partial charge in [-0.15, -0.1) is 0 Å². The fourth-order valence-corrected chi connectivity index (χ4v) is 1.91. The normalized spacial score (nSPS) is 10.9. The molecule has 118 valence electrons. The van der Waals surface area contributed by atoms with Crippen molar-refractivity contribution in [3.05, 3.63) is 60.2 Å². The van der Waals surface area contributed by atoms with E-state index in [0.29, 0.717) is 6.61 Å². The van der Waals surface area contributed by atoms with Crippen LogP contribution in [-0.4, -0.2) is 25.7 Å². The van der Waals surface area contributed by atoms with E-state index in [0.717, 1.165) is 17.0 Å². The number of hydrogen-bond acceptors (Lipinski definition) is 4. The Labute approximate surface area is 136 Å². The van der Waals surface area contributed by atoms with Gasteiger partial charge < -0.3 is 14.8 Å².